The number of hydrogen-bond acceptors (Lipinski definition) is 4. The molecule has 0 heterocycles. The van der Waals surface area contributed by atoms with E-state index in [1.54, 1.807) is 12.1 Å². The summed E-state index contributed by atoms with van der Waals surface area (Å²) in [7, 11) is 0. The van der Waals surface area contributed by atoms with Gasteiger partial charge in [0.15, 0.2) is 0 Å². The van der Waals surface area contributed by atoms with Crippen LogP contribution in [0.3, 0.4) is 0 Å². The molecule has 2 rings (SSSR count). The summed E-state index contributed by atoms with van der Waals surface area (Å²) in [4.78, 5) is 11.0. The van der Waals surface area contributed by atoms with Gasteiger partial charge < -0.3 is 16.2 Å². The van der Waals surface area contributed by atoms with Crippen molar-refractivity contribution in [3.63, 3.8) is 0 Å². The van der Waals surface area contributed by atoms with Crippen LogP contribution in [0.5, 0.6) is 0 Å². The second kappa shape index (κ2) is 5.33. The van der Waals surface area contributed by atoms with Crippen molar-refractivity contribution in [3.05, 3.63) is 53.1 Å². The Morgan fingerprint density at radius 2 is 2.10 bits per heavy atom. The smallest absolute Gasteiger partial charge is 0.337 e. The molecule has 2 aromatic rings. The molecule has 0 bridgehead atoms. The zero-order valence-corrected chi connectivity index (χ0v) is 10.8. The summed E-state index contributed by atoms with van der Waals surface area (Å²) in [6.07, 6.45) is 0. The minimum Gasteiger partial charge on any atom is -0.478 e. The predicted molar refractivity (Wildman–Crippen MR) is 77.0 cm³/mol. The Labute approximate surface area is 116 Å². The van der Waals surface area contributed by atoms with Gasteiger partial charge in [0.25, 0.3) is 0 Å². The standard InChI is InChI=1S/C15H13N3O2/c1-9-3-2-4-14(12(9)8-16)18-10-5-6-13(17)11(7-10)15(19)20/h2-7,18H,17H2,1H3,(H,19,20). The largest absolute Gasteiger partial charge is 0.478 e. The van der Waals surface area contributed by atoms with Gasteiger partial charge in [-0.3, -0.25) is 0 Å². The Bertz CT molecular complexity index is 718. The second-order valence-corrected chi connectivity index (χ2v) is 4.34. The quantitative estimate of drug-likeness (QED) is 0.742. The van der Waals surface area contributed by atoms with E-state index in [0.29, 0.717) is 16.9 Å². The first-order valence-electron chi connectivity index (χ1n) is 5.92. The van der Waals surface area contributed by atoms with Crippen LogP contribution >= 0.6 is 0 Å². The Hall–Kier alpha value is -3.00. The molecule has 0 fully saturated rings. The predicted octanol–water partition coefficient (Wildman–Crippen LogP) is 2.89. The van der Waals surface area contributed by atoms with E-state index in [1.165, 1.54) is 12.1 Å². The topological polar surface area (TPSA) is 99.1 Å². The molecule has 100 valence electrons. The average molecular weight is 267 g/mol. The van der Waals surface area contributed by atoms with Gasteiger partial charge >= 0.3 is 5.97 Å². The molecule has 5 nitrogen and oxygen atoms in total. The van der Waals surface area contributed by atoms with Crippen molar-refractivity contribution >= 4 is 23.0 Å². The Morgan fingerprint density at radius 3 is 2.75 bits per heavy atom. The molecule has 0 aliphatic carbocycles. The lowest BCUT2D eigenvalue weighted by atomic mass is 10.1. The molecule has 0 saturated heterocycles. The van der Waals surface area contributed by atoms with Gasteiger partial charge in [-0.1, -0.05) is 12.1 Å². The average Bonchev–Trinajstić information content (AvgIpc) is 2.41. The number of carboxylic acid groups (broad SMARTS) is 1. The van der Waals surface area contributed by atoms with E-state index in [4.69, 9.17) is 16.1 Å². The molecule has 0 amide bonds. The van der Waals surface area contributed by atoms with Crippen LogP contribution in [0.4, 0.5) is 17.1 Å². The van der Waals surface area contributed by atoms with Crippen LogP contribution < -0.4 is 11.1 Å². The molecular formula is C15H13N3O2. The van der Waals surface area contributed by atoms with E-state index in [9.17, 15) is 4.79 Å². The summed E-state index contributed by atoms with van der Waals surface area (Å²) >= 11 is 0. The molecule has 0 radical (unpaired) electrons. The van der Waals surface area contributed by atoms with Crippen molar-refractivity contribution in [1.29, 1.82) is 5.26 Å². The molecular weight excluding hydrogens is 254 g/mol. The molecule has 0 aromatic heterocycles. The van der Waals surface area contributed by atoms with Gasteiger partial charge in [-0.15, -0.1) is 0 Å². The van der Waals surface area contributed by atoms with E-state index in [2.05, 4.69) is 11.4 Å². The molecule has 0 aliphatic rings. The summed E-state index contributed by atoms with van der Waals surface area (Å²) in [5, 5.41) is 21.2. The number of nitrogens with zero attached hydrogens (tertiary/aromatic N) is 1. The summed E-state index contributed by atoms with van der Waals surface area (Å²) in [5.74, 6) is -1.09. The maximum atomic E-state index is 11.0. The Kier molecular flexibility index (Phi) is 3.58. The fraction of sp³-hybridized carbons (Fsp3) is 0.0667. The van der Waals surface area contributed by atoms with Crippen molar-refractivity contribution < 1.29 is 9.90 Å². The minimum absolute atomic E-state index is 0.0289. The number of nitrogens with one attached hydrogen (secondary N) is 1. The first-order chi connectivity index (χ1) is 9.52. The maximum absolute atomic E-state index is 11.0. The van der Waals surface area contributed by atoms with Gasteiger partial charge in [-0.25, -0.2) is 4.79 Å². The fourth-order valence-electron chi connectivity index (χ4n) is 1.90. The van der Waals surface area contributed by atoms with E-state index in [1.807, 2.05) is 19.1 Å². The lowest BCUT2D eigenvalue weighted by molar-refractivity contribution is 0.0698. The molecule has 4 N–H and O–H groups in total. The Balaban J connectivity index is 2.41. The zero-order chi connectivity index (χ0) is 14.7. The lowest BCUT2D eigenvalue weighted by Crippen LogP contribution is -2.04. The molecule has 2 aromatic carbocycles. The summed E-state index contributed by atoms with van der Waals surface area (Å²) in [6.45, 7) is 1.84. The van der Waals surface area contributed by atoms with Crippen molar-refractivity contribution in [1.82, 2.24) is 0 Å². The number of nitriles is 1. The SMILES string of the molecule is Cc1cccc(Nc2ccc(N)c(C(=O)O)c2)c1C#N. The van der Waals surface area contributed by atoms with Gasteiger partial charge in [0.2, 0.25) is 0 Å². The fourth-order valence-corrected chi connectivity index (χ4v) is 1.90. The molecule has 0 saturated carbocycles. The van der Waals surface area contributed by atoms with Crippen molar-refractivity contribution in [2.45, 2.75) is 6.92 Å². The van der Waals surface area contributed by atoms with Crippen molar-refractivity contribution in [2.24, 2.45) is 0 Å². The monoisotopic (exact) mass is 267 g/mol. The number of carboxylic acids is 1. The summed E-state index contributed by atoms with van der Waals surface area (Å²) < 4.78 is 0. The van der Waals surface area contributed by atoms with Crippen LogP contribution in [0.25, 0.3) is 0 Å². The number of aromatic carboxylic acids is 1. The van der Waals surface area contributed by atoms with Crippen LogP contribution in [0.15, 0.2) is 36.4 Å². The molecule has 0 aliphatic heterocycles. The van der Waals surface area contributed by atoms with Gasteiger partial charge in [0, 0.05) is 11.4 Å². The highest BCUT2D eigenvalue weighted by Gasteiger charge is 2.10. The molecule has 0 spiro atoms. The van der Waals surface area contributed by atoms with E-state index >= 15 is 0 Å². The molecule has 20 heavy (non-hydrogen) atoms. The van der Waals surface area contributed by atoms with Gasteiger partial charge in [0.05, 0.1) is 16.8 Å². The van der Waals surface area contributed by atoms with Crippen molar-refractivity contribution in [3.8, 4) is 6.07 Å². The second-order valence-electron chi connectivity index (χ2n) is 4.34. The van der Waals surface area contributed by atoms with Gasteiger partial charge in [-0.2, -0.15) is 5.26 Å². The number of anilines is 3. The molecule has 5 heteroatoms. The number of aryl methyl sites for hydroxylation is 1. The number of nitrogen functional groups attached to an aromatic ring is 1. The molecule has 0 unspecified atom stereocenters. The number of benzene rings is 2. The number of rotatable bonds is 3. The van der Waals surface area contributed by atoms with Crippen LogP contribution in [0, 0.1) is 18.3 Å². The molecule has 0 atom stereocenters. The Morgan fingerprint density at radius 1 is 1.35 bits per heavy atom. The maximum Gasteiger partial charge on any atom is 0.337 e. The number of carbonyl (C=O) groups is 1. The highest BCUT2D eigenvalue weighted by Crippen LogP contribution is 2.25. The zero-order valence-electron chi connectivity index (χ0n) is 10.8. The van der Waals surface area contributed by atoms with Crippen LogP contribution in [-0.4, -0.2) is 11.1 Å². The van der Waals surface area contributed by atoms with E-state index < -0.39 is 5.97 Å². The first-order valence-corrected chi connectivity index (χ1v) is 5.92. The highest BCUT2D eigenvalue weighted by molar-refractivity contribution is 5.95. The highest BCUT2D eigenvalue weighted by atomic mass is 16.4. The van der Waals surface area contributed by atoms with E-state index in [0.717, 1.165) is 5.56 Å². The van der Waals surface area contributed by atoms with Gasteiger partial charge in [-0.05, 0) is 36.8 Å². The van der Waals surface area contributed by atoms with Gasteiger partial charge in [0.1, 0.15) is 6.07 Å². The third kappa shape index (κ3) is 2.54. The normalized spacial score (nSPS) is 9.80. The third-order valence-electron chi connectivity index (χ3n) is 2.95. The third-order valence-corrected chi connectivity index (χ3v) is 2.95. The summed E-state index contributed by atoms with van der Waals surface area (Å²) in [5.41, 5.74) is 8.42. The number of hydrogen-bond donors (Lipinski definition) is 3. The summed E-state index contributed by atoms with van der Waals surface area (Å²) in [6, 6.07) is 12.2. The van der Waals surface area contributed by atoms with Crippen molar-refractivity contribution in [2.75, 3.05) is 11.1 Å². The van der Waals surface area contributed by atoms with Crippen LogP contribution in [0.2, 0.25) is 0 Å². The van der Waals surface area contributed by atoms with E-state index in [-0.39, 0.29) is 11.3 Å². The number of nitrogens with two attached hydrogens (primary N) is 1. The van der Waals surface area contributed by atoms with Crippen LogP contribution in [-0.2, 0) is 0 Å². The van der Waals surface area contributed by atoms with Crippen LogP contribution in [0.1, 0.15) is 21.5 Å². The lowest BCUT2D eigenvalue weighted by Gasteiger charge is -2.11. The minimum atomic E-state index is -1.09. The first kappa shape index (κ1) is 13.4.